The van der Waals surface area contributed by atoms with E-state index in [0.29, 0.717) is 18.6 Å². The third-order valence-electron chi connectivity index (χ3n) is 4.69. The fourth-order valence-electron chi connectivity index (χ4n) is 3.22. The third kappa shape index (κ3) is 5.76. The number of halogens is 3. The van der Waals surface area contributed by atoms with Crippen molar-refractivity contribution in [3.63, 3.8) is 0 Å². The molecule has 0 bridgehead atoms. The summed E-state index contributed by atoms with van der Waals surface area (Å²) in [6.07, 6.45) is -1.16. The Morgan fingerprint density at radius 2 is 1.76 bits per heavy atom. The zero-order chi connectivity index (χ0) is 20.7. The Morgan fingerprint density at radius 1 is 0.966 bits per heavy atom. The molecule has 0 saturated carbocycles. The molecular formula is C22H23F3N2O2. The summed E-state index contributed by atoms with van der Waals surface area (Å²) in [5.74, 6) is -1.24. The predicted octanol–water partition coefficient (Wildman–Crippen LogP) is 4.96. The summed E-state index contributed by atoms with van der Waals surface area (Å²) in [7, 11) is 0. The minimum absolute atomic E-state index is 0.00913. The molecule has 2 aromatic carbocycles. The molecular weight excluding hydrogens is 381 g/mol. The number of rotatable bonds is 9. The van der Waals surface area contributed by atoms with E-state index >= 15 is 0 Å². The number of carbonyl (C=O) groups is 1. The van der Waals surface area contributed by atoms with Crippen molar-refractivity contribution >= 4 is 16.8 Å². The largest absolute Gasteiger partial charge is 0.491 e. The average molecular weight is 404 g/mol. The van der Waals surface area contributed by atoms with Crippen molar-refractivity contribution in [1.82, 2.24) is 9.88 Å². The topological polar surface area (TPSA) is 45.3 Å². The first-order valence-corrected chi connectivity index (χ1v) is 9.54. The second-order valence-corrected chi connectivity index (χ2v) is 6.78. The number of H-pyrrole nitrogens is 1. The molecule has 154 valence electrons. The van der Waals surface area contributed by atoms with Crippen molar-refractivity contribution in [3.05, 3.63) is 66.4 Å². The number of hydrogen-bond donors (Lipinski definition) is 1. The number of alkyl halides is 3. The minimum atomic E-state index is -4.89. The number of nitrogens with one attached hydrogen (secondary N) is 1. The zero-order valence-corrected chi connectivity index (χ0v) is 15.9. The molecule has 0 spiro atoms. The van der Waals surface area contributed by atoms with Crippen LogP contribution in [0, 0.1) is 0 Å². The van der Waals surface area contributed by atoms with Crippen molar-refractivity contribution in [2.45, 2.75) is 25.4 Å². The zero-order valence-electron chi connectivity index (χ0n) is 15.9. The highest BCUT2D eigenvalue weighted by atomic mass is 19.4. The number of aryl methyl sites for hydroxylation is 1. The Morgan fingerprint density at radius 3 is 2.52 bits per heavy atom. The lowest BCUT2D eigenvalue weighted by molar-refractivity contribution is -0.185. The van der Waals surface area contributed by atoms with Crippen LogP contribution in [0.5, 0.6) is 5.75 Å². The molecule has 0 aliphatic rings. The molecule has 1 amide bonds. The minimum Gasteiger partial charge on any atom is -0.491 e. The van der Waals surface area contributed by atoms with E-state index < -0.39 is 12.1 Å². The molecule has 4 nitrogen and oxygen atoms in total. The standard InChI is InChI=1S/C22H23F3N2O2/c23-22(24,25)21(28)27(14-5-4-9-17-7-2-1-3-8-17)15-16-29-20-11-6-10-19-18(20)12-13-26-19/h1-3,6-8,10-13,26H,4-5,9,14-16H2. The molecule has 0 aliphatic carbocycles. The van der Waals surface area contributed by atoms with Gasteiger partial charge in [-0.2, -0.15) is 13.2 Å². The first-order chi connectivity index (χ1) is 13.9. The van der Waals surface area contributed by atoms with Gasteiger partial charge in [0.1, 0.15) is 12.4 Å². The van der Waals surface area contributed by atoms with Crippen LogP contribution < -0.4 is 4.74 Å². The maximum absolute atomic E-state index is 13.0. The van der Waals surface area contributed by atoms with Crippen molar-refractivity contribution in [2.75, 3.05) is 19.7 Å². The normalized spacial score (nSPS) is 11.6. The van der Waals surface area contributed by atoms with Gasteiger partial charge in [0.2, 0.25) is 0 Å². The summed E-state index contributed by atoms with van der Waals surface area (Å²) < 4.78 is 44.5. The number of aromatic amines is 1. The molecule has 7 heteroatoms. The highest BCUT2D eigenvalue weighted by Crippen LogP contribution is 2.24. The van der Waals surface area contributed by atoms with Gasteiger partial charge in [-0.3, -0.25) is 4.79 Å². The Hall–Kier alpha value is -2.96. The summed E-state index contributed by atoms with van der Waals surface area (Å²) in [4.78, 5) is 15.7. The van der Waals surface area contributed by atoms with Crippen molar-refractivity contribution in [2.24, 2.45) is 0 Å². The molecule has 0 saturated heterocycles. The van der Waals surface area contributed by atoms with Gasteiger partial charge >= 0.3 is 12.1 Å². The van der Waals surface area contributed by atoms with Crippen LogP contribution in [-0.4, -0.2) is 41.7 Å². The summed E-state index contributed by atoms with van der Waals surface area (Å²) in [6.45, 7) is -0.0851. The SMILES string of the molecule is O=C(N(CCCCc1ccccc1)CCOc1cccc2[nH]ccc12)C(F)(F)F. The van der Waals surface area contributed by atoms with E-state index in [1.165, 1.54) is 0 Å². The van der Waals surface area contributed by atoms with Gasteiger partial charge in [0.15, 0.2) is 0 Å². The van der Waals surface area contributed by atoms with Gasteiger partial charge in [-0.15, -0.1) is 0 Å². The number of carbonyl (C=O) groups excluding carboxylic acids is 1. The average Bonchev–Trinajstić information content (AvgIpc) is 3.19. The van der Waals surface area contributed by atoms with Gasteiger partial charge in [0.25, 0.3) is 0 Å². The van der Waals surface area contributed by atoms with Gasteiger partial charge in [-0.1, -0.05) is 36.4 Å². The Kier molecular flexibility index (Phi) is 6.80. The van der Waals surface area contributed by atoms with Gasteiger partial charge < -0.3 is 14.6 Å². The van der Waals surface area contributed by atoms with E-state index in [-0.39, 0.29) is 19.7 Å². The lowest BCUT2D eigenvalue weighted by Crippen LogP contribution is -2.43. The number of nitrogens with zero attached hydrogens (tertiary/aromatic N) is 1. The summed E-state index contributed by atoms with van der Waals surface area (Å²) >= 11 is 0. The fourth-order valence-corrected chi connectivity index (χ4v) is 3.22. The maximum Gasteiger partial charge on any atom is 0.471 e. The second kappa shape index (κ2) is 9.49. The molecule has 3 rings (SSSR count). The summed E-state index contributed by atoms with van der Waals surface area (Å²) in [5.41, 5.74) is 2.01. The monoisotopic (exact) mass is 404 g/mol. The van der Waals surface area contributed by atoms with E-state index in [1.54, 1.807) is 18.3 Å². The molecule has 0 fully saturated rings. The molecule has 1 N–H and O–H groups in total. The molecule has 1 heterocycles. The number of amides is 1. The maximum atomic E-state index is 13.0. The molecule has 0 unspecified atom stereocenters. The van der Waals surface area contributed by atoms with Crippen LogP contribution in [0.25, 0.3) is 10.9 Å². The second-order valence-electron chi connectivity index (χ2n) is 6.78. The van der Waals surface area contributed by atoms with Crippen molar-refractivity contribution in [1.29, 1.82) is 0 Å². The van der Waals surface area contributed by atoms with Crippen LogP contribution >= 0.6 is 0 Å². The van der Waals surface area contributed by atoms with Crippen LogP contribution in [0.1, 0.15) is 18.4 Å². The van der Waals surface area contributed by atoms with E-state index in [0.717, 1.165) is 27.8 Å². The lowest BCUT2D eigenvalue weighted by Gasteiger charge is -2.24. The Labute approximate surface area is 167 Å². The van der Waals surface area contributed by atoms with E-state index in [2.05, 4.69) is 4.98 Å². The van der Waals surface area contributed by atoms with Crippen LogP contribution in [0.2, 0.25) is 0 Å². The first-order valence-electron chi connectivity index (χ1n) is 9.54. The van der Waals surface area contributed by atoms with Crippen LogP contribution in [0.15, 0.2) is 60.8 Å². The summed E-state index contributed by atoms with van der Waals surface area (Å²) in [6, 6.07) is 17.0. The lowest BCUT2D eigenvalue weighted by atomic mass is 10.1. The Balaban J connectivity index is 1.54. The van der Waals surface area contributed by atoms with Gasteiger partial charge in [-0.25, -0.2) is 0 Å². The number of benzene rings is 2. The van der Waals surface area contributed by atoms with Crippen LogP contribution in [0.3, 0.4) is 0 Å². The third-order valence-corrected chi connectivity index (χ3v) is 4.69. The van der Waals surface area contributed by atoms with Crippen molar-refractivity contribution in [3.8, 4) is 5.75 Å². The molecule has 0 radical (unpaired) electrons. The highest BCUT2D eigenvalue weighted by Gasteiger charge is 2.42. The van der Waals surface area contributed by atoms with Crippen LogP contribution in [0.4, 0.5) is 13.2 Å². The number of aromatic nitrogens is 1. The molecule has 3 aromatic rings. The van der Waals surface area contributed by atoms with E-state index in [4.69, 9.17) is 4.74 Å². The Bertz CT molecular complexity index is 922. The number of ether oxygens (including phenoxy) is 1. The molecule has 1 aromatic heterocycles. The number of hydrogen-bond acceptors (Lipinski definition) is 2. The van der Waals surface area contributed by atoms with Crippen LogP contribution in [-0.2, 0) is 11.2 Å². The first kappa shape index (κ1) is 20.8. The van der Waals surface area contributed by atoms with Gasteiger partial charge in [0, 0.05) is 23.6 Å². The van der Waals surface area contributed by atoms with Gasteiger partial charge in [0.05, 0.1) is 6.54 Å². The number of unbranched alkanes of at least 4 members (excludes halogenated alkanes) is 1. The number of fused-ring (bicyclic) bond motifs is 1. The molecule has 0 atom stereocenters. The van der Waals surface area contributed by atoms with Crippen molar-refractivity contribution < 1.29 is 22.7 Å². The fraction of sp³-hybridized carbons (Fsp3) is 0.318. The van der Waals surface area contributed by atoms with E-state index in [1.807, 2.05) is 42.5 Å². The molecule has 0 aliphatic heterocycles. The summed E-state index contributed by atoms with van der Waals surface area (Å²) in [5, 5.41) is 0.851. The predicted molar refractivity (Wildman–Crippen MR) is 106 cm³/mol. The van der Waals surface area contributed by atoms with E-state index in [9.17, 15) is 18.0 Å². The van der Waals surface area contributed by atoms with Gasteiger partial charge in [-0.05, 0) is 43.0 Å². The molecule has 29 heavy (non-hydrogen) atoms. The quantitative estimate of drug-likeness (QED) is 0.513. The smallest absolute Gasteiger partial charge is 0.471 e. The highest BCUT2D eigenvalue weighted by molar-refractivity contribution is 5.85.